The third kappa shape index (κ3) is 17.4. The molecule has 0 amide bonds. The van der Waals surface area contributed by atoms with Crippen LogP contribution in [0.15, 0.2) is 0 Å². The summed E-state index contributed by atoms with van der Waals surface area (Å²) in [6.07, 6.45) is 14.0. The zero-order valence-electron chi connectivity index (χ0n) is 11.5. The van der Waals surface area contributed by atoms with Crippen LogP contribution >= 0.6 is 0 Å². The van der Waals surface area contributed by atoms with Crippen LogP contribution in [-0.2, 0) is 0 Å². The van der Waals surface area contributed by atoms with Gasteiger partial charge in [-0.25, -0.2) is 0 Å². The molecule has 0 bridgehead atoms. The van der Waals surface area contributed by atoms with Gasteiger partial charge in [0.2, 0.25) is 0 Å². The molecule has 92 valence electrons. The number of hydrogen-bond donors (Lipinski definition) is 1. The molecule has 2 heteroatoms. The molecule has 0 heterocycles. The number of rotatable bonds is 11. The van der Waals surface area contributed by atoms with Crippen LogP contribution in [0.1, 0.15) is 77.6 Å². The van der Waals surface area contributed by atoms with Crippen LogP contribution in [0.2, 0.25) is 0 Å². The molecule has 1 atom stereocenters. The molecule has 1 N–H and O–H groups in total. The summed E-state index contributed by atoms with van der Waals surface area (Å²) in [5, 5.41) is 8.96. The van der Waals surface area contributed by atoms with Crippen molar-refractivity contribution in [2.45, 2.75) is 83.7 Å². The van der Waals surface area contributed by atoms with Crippen LogP contribution < -0.4 is 29.6 Å². The predicted octanol–water partition coefficient (Wildman–Crippen LogP) is 1.50. The van der Waals surface area contributed by atoms with Gasteiger partial charge >= 0.3 is 29.6 Å². The molecule has 0 aliphatic carbocycles. The van der Waals surface area contributed by atoms with Crippen molar-refractivity contribution in [3.8, 4) is 0 Å². The molecule has 0 aromatic heterocycles. The van der Waals surface area contributed by atoms with Crippen molar-refractivity contribution in [1.82, 2.24) is 0 Å². The fraction of sp³-hybridized carbons (Fsp3) is 0.929. The van der Waals surface area contributed by atoms with Gasteiger partial charge in [-0.15, -0.1) is 0 Å². The van der Waals surface area contributed by atoms with E-state index in [1.165, 1.54) is 57.8 Å². The van der Waals surface area contributed by atoms with E-state index in [1.54, 1.807) is 0 Å². The van der Waals surface area contributed by atoms with Crippen LogP contribution in [0, 0.1) is 6.92 Å². The number of aliphatic hydroxyl groups is 1. The van der Waals surface area contributed by atoms with Crippen molar-refractivity contribution in [3.63, 3.8) is 0 Å². The van der Waals surface area contributed by atoms with Gasteiger partial charge in [-0.05, 0) is 0 Å². The second-order valence-electron chi connectivity index (χ2n) is 4.62. The Kier molecular flexibility index (Phi) is 19.3. The maximum atomic E-state index is 8.96. The molecule has 0 aromatic carbocycles. The second-order valence-corrected chi connectivity index (χ2v) is 4.62. The number of aliphatic hydroxyl groups excluding tert-OH is 1. The van der Waals surface area contributed by atoms with Crippen LogP contribution in [0.5, 0.6) is 0 Å². The summed E-state index contributed by atoms with van der Waals surface area (Å²) in [7, 11) is 0. The van der Waals surface area contributed by atoms with E-state index in [0.717, 1.165) is 12.8 Å². The first-order valence-corrected chi connectivity index (χ1v) is 6.78. The van der Waals surface area contributed by atoms with E-state index in [1.807, 2.05) is 0 Å². The quantitative estimate of drug-likeness (QED) is 0.327. The fourth-order valence-corrected chi connectivity index (χ4v) is 1.87. The van der Waals surface area contributed by atoms with E-state index in [-0.39, 0.29) is 35.7 Å². The Labute approximate surface area is 125 Å². The minimum Gasteiger partial charge on any atom is -0.425 e. The summed E-state index contributed by atoms with van der Waals surface area (Å²) < 4.78 is 0. The Morgan fingerprint density at radius 1 is 0.812 bits per heavy atom. The maximum absolute atomic E-state index is 8.96. The third-order valence-corrected chi connectivity index (χ3v) is 2.89. The minimum atomic E-state index is -0.348. The Morgan fingerprint density at radius 2 is 1.19 bits per heavy atom. The van der Waals surface area contributed by atoms with Crippen molar-refractivity contribution < 1.29 is 34.7 Å². The van der Waals surface area contributed by atoms with Gasteiger partial charge in [0.05, 0.1) is 0 Å². The van der Waals surface area contributed by atoms with Crippen LogP contribution in [0.3, 0.4) is 0 Å². The molecule has 0 saturated heterocycles. The zero-order valence-corrected chi connectivity index (χ0v) is 13.5. The monoisotopic (exact) mass is 236 g/mol. The molecule has 0 aromatic rings. The van der Waals surface area contributed by atoms with E-state index in [4.69, 9.17) is 5.11 Å². The van der Waals surface area contributed by atoms with Crippen LogP contribution in [0.25, 0.3) is 0 Å². The van der Waals surface area contributed by atoms with Crippen LogP contribution in [-0.4, -0.2) is 11.2 Å². The molecule has 1 nitrogen and oxygen atoms in total. The van der Waals surface area contributed by atoms with E-state index < -0.39 is 0 Å². The fourth-order valence-electron chi connectivity index (χ4n) is 1.87. The standard InChI is InChI=1S/C14H29O.Na/c1-3-4-5-6-7-8-9-10-11-12-13-14(2)15;/h14-15H,2-13H2,1H3;/q-1;+1. The van der Waals surface area contributed by atoms with Crippen molar-refractivity contribution in [2.24, 2.45) is 0 Å². The molecular weight excluding hydrogens is 207 g/mol. The zero-order chi connectivity index (χ0) is 11.4. The van der Waals surface area contributed by atoms with Crippen molar-refractivity contribution >= 4 is 0 Å². The second kappa shape index (κ2) is 16.0. The smallest absolute Gasteiger partial charge is 0.425 e. The molecule has 0 fully saturated rings. The molecule has 0 spiro atoms. The minimum absolute atomic E-state index is 0. The van der Waals surface area contributed by atoms with Crippen molar-refractivity contribution in [1.29, 1.82) is 0 Å². The maximum Gasteiger partial charge on any atom is 1.00 e. The summed E-state index contributed by atoms with van der Waals surface area (Å²) in [5.41, 5.74) is 0. The molecular formula is C14H29NaO. The first kappa shape index (κ1) is 19.3. The van der Waals surface area contributed by atoms with E-state index >= 15 is 0 Å². The molecule has 0 saturated carbocycles. The van der Waals surface area contributed by atoms with E-state index in [9.17, 15) is 0 Å². The van der Waals surface area contributed by atoms with Crippen LogP contribution in [0.4, 0.5) is 0 Å². The van der Waals surface area contributed by atoms with Gasteiger partial charge in [-0.2, -0.15) is 0 Å². The van der Waals surface area contributed by atoms with Gasteiger partial charge in [-0.1, -0.05) is 83.7 Å². The van der Waals surface area contributed by atoms with Gasteiger partial charge in [-0.3, -0.25) is 0 Å². The SMILES string of the molecule is [CH2-]C(O)CCCCCCCCCCCC.[Na+]. The average Bonchev–Trinajstić information content (AvgIpc) is 2.20. The molecule has 0 rings (SSSR count). The summed E-state index contributed by atoms with van der Waals surface area (Å²) in [6.45, 7) is 5.83. The predicted molar refractivity (Wildman–Crippen MR) is 67.8 cm³/mol. The van der Waals surface area contributed by atoms with Gasteiger partial charge in [0, 0.05) is 0 Å². The topological polar surface area (TPSA) is 20.2 Å². The molecule has 0 radical (unpaired) electrons. The average molecular weight is 236 g/mol. The normalized spacial score (nSPS) is 12.2. The summed E-state index contributed by atoms with van der Waals surface area (Å²) in [5.74, 6) is 0. The van der Waals surface area contributed by atoms with Gasteiger partial charge in [0.25, 0.3) is 0 Å². The van der Waals surface area contributed by atoms with E-state index in [2.05, 4.69) is 13.8 Å². The third-order valence-electron chi connectivity index (χ3n) is 2.89. The summed E-state index contributed by atoms with van der Waals surface area (Å²) >= 11 is 0. The Morgan fingerprint density at radius 3 is 1.56 bits per heavy atom. The Bertz CT molecular complexity index is 115. The first-order valence-electron chi connectivity index (χ1n) is 6.78. The largest absolute Gasteiger partial charge is 1.00 e. The molecule has 1 unspecified atom stereocenters. The Hall–Kier alpha value is 0.960. The van der Waals surface area contributed by atoms with Gasteiger partial charge in [0.1, 0.15) is 0 Å². The van der Waals surface area contributed by atoms with Crippen molar-refractivity contribution in [3.05, 3.63) is 6.92 Å². The van der Waals surface area contributed by atoms with E-state index in [0.29, 0.717) is 0 Å². The van der Waals surface area contributed by atoms with Crippen molar-refractivity contribution in [2.75, 3.05) is 0 Å². The number of unbranched alkanes of at least 4 members (excludes halogenated alkanes) is 9. The Balaban J connectivity index is 0. The molecule has 0 aliphatic rings. The summed E-state index contributed by atoms with van der Waals surface area (Å²) in [4.78, 5) is 0. The van der Waals surface area contributed by atoms with Gasteiger partial charge in [0.15, 0.2) is 0 Å². The van der Waals surface area contributed by atoms with Gasteiger partial charge < -0.3 is 12.0 Å². The summed E-state index contributed by atoms with van der Waals surface area (Å²) in [6, 6.07) is 0. The molecule has 0 aliphatic heterocycles. The number of hydrogen-bond acceptors (Lipinski definition) is 1. The first-order chi connectivity index (χ1) is 7.27. The molecule has 16 heavy (non-hydrogen) atoms.